The fraction of sp³-hybridized carbons (Fsp3) is 0.257. The molecule has 0 saturated heterocycles. The molecule has 1 aliphatic heterocycles. The van der Waals surface area contributed by atoms with E-state index in [0.717, 1.165) is 34.9 Å². The average Bonchev–Trinajstić information content (AvgIpc) is 3.43. The van der Waals surface area contributed by atoms with Crippen molar-refractivity contribution in [3.05, 3.63) is 112 Å². The Balaban J connectivity index is 0.000000324. The van der Waals surface area contributed by atoms with Crippen molar-refractivity contribution >= 4 is 11.7 Å². The van der Waals surface area contributed by atoms with Crippen LogP contribution in [0.15, 0.2) is 84.0 Å². The summed E-state index contributed by atoms with van der Waals surface area (Å²) in [5, 5.41) is 13.3. The van der Waals surface area contributed by atoms with Gasteiger partial charge in [0.2, 0.25) is 0 Å². The fourth-order valence-corrected chi connectivity index (χ4v) is 5.08. The molecular weight excluding hydrogens is 669 g/mol. The monoisotopic (exact) mass is 697 g/mol. The third-order valence-corrected chi connectivity index (χ3v) is 7.67. The molecule has 0 spiro atoms. The molecule has 0 bridgehead atoms. The van der Waals surface area contributed by atoms with E-state index in [4.69, 9.17) is 9.57 Å². The van der Waals surface area contributed by atoms with Crippen molar-refractivity contribution in [2.24, 2.45) is 11.1 Å². The summed E-state index contributed by atoms with van der Waals surface area (Å²) in [7, 11) is 1.51. The molecule has 1 aliphatic rings. The lowest BCUT2D eigenvalue weighted by atomic mass is 9.89. The number of aromatic carboxylic acids is 1. The van der Waals surface area contributed by atoms with E-state index in [1.807, 2.05) is 26.0 Å². The number of carboxylic acid groups (broad SMARTS) is 1. The minimum absolute atomic E-state index is 0.000946. The number of rotatable bonds is 6. The fourth-order valence-electron chi connectivity index (χ4n) is 5.08. The molecule has 1 N–H and O–H groups in total. The Bertz CT molecular complexity index is 1830. The van der Waals surface area contributed by atoms with E-state index in [-0.39, 0.29) is 24.0 Å². The van der Waals surface area contributed by atoms with Gasteiger partial charge in [-0.1, -0.05) is 36.3 Å². The SMILES string of the molecule is COc1ccc(-c2ccc(C(=O)O)cc2C)cc1-c1ccc(C(F)(F)F)cc1CC1=NOC[C@H]1C.FC(F)(F)c1cccc(C(F)(F)F)c1. The van der Waals surface area contributed by atoms with Gasteiger partial charge < -0.3 is 14.7 Å². The maximum atomic E-state index is 13.5. The highest BCUT2D eigenvalue weighted by Gasteiger charge is 2.36. The lowest BCUT2D eigenvalue weighted by Crippen LogP contribution is -2.14. The van der Waals surface area contributed by atoms with Crippen molar-refractivity contribution in [2.75, 3.05) is 13.7 Å². The largest absolute Gasteiger partial charge is 0.496 e. The van der Waals surface area contributed by atoms with Gasteiger partial charge in [0, 0.05) is 17.9 Å². The Kier molecular flexibility index (Phi) is 10.7. The number of halogens is 9. The van der Waals surface area contributed by atoms with Crippen molar-refractivity contribution in [1.29, 1.82) is 0 Å². The molecule has 5 rings (SSSR count). The Morgan fingerprint density at radius 1 is 0.796 bits per heavy atom. The van der Waals surface area contributed by atoms with E-state index < -0.39 is 41.2 Å². The third-order valence-electron chi connectivity index (χ3n) is 7.67. The van der Waals surface area contributed by atoms with Crippen LogP contribution in [0.1, 0.15) is 45.1 Å². The summed E-state index contributed by atoms with van der Waals surface area (Å²) in [5.74, 6) is -0.509. The maximum absolute atomic E-state index is 13.5. The molecule has 0 amide bonds. The number of carboxylic acids is 1. The standard InChI is InChI=1S/C27H24F3NO4.C8H4F6/c1-15-10-18(26(32)33)4-7-21(15)17-5-9-25(34-3)23(12-17)22-8-6-20(27(28,29)30)11-19(22)13-24-16(2)14-35-31-24;9-7(10,11)5-2-1-3-6(4-5)8(12,13)14/h4-12,16H,13-14H2,1-3H3,(H,32,33);1-4H/t16-;/m1./s1. The zero-order chi connectivity index (χ0) is 36.3. The number of hydrogen-bond acceptors (Lipinski definition) is 4. The summed E-state index contributed by atoms with van der Waals surface area (Å²) in [6, 6.07) is 16.0. The van der Waals surface area contributed by atoms with Crippen LogP contribution in [0.4, 0.5) is 39.5 Å². The van der Waals surface area contributed by atoms with Crippen molar-refractivity contribution in [1.82, 2.24) is 0 Å². The predicted molar refractivity (Wildman–Crippen MR) is 163 cm³/mol. The molecule has 4 aromatic carbocycles. The van der Waals surface area contributed by atoms with Crippen LogP contribution in [-0.4, -0.2) is 30.5 Å². The molecule has 49 heavy (non-hydrogen) atoms. The van der Waals surface area contributed by atoms with Gasteiger partial charge >= 0.3 is 24.5 Å². The van der Waals surface area contributed by atoms with Gasteiger partial charge in [-0.05, 0) is 89.3 Å². The number of methoxy groups -OCH3 is 1. The van der Waals surface area contributed by atoms with E-state index in [1.165, 1.54) is 19.2 Å². The summed E-state index contributed by atoms with van der Waals surface area (Å²) in [6.07, 6.45) is -13.8. The summed E-state index contributed by atoms with van der Waals surface area (Å²) in [5.41, 5.74) is 1.58. The third kappa shape index (κ3) is 8.92. The van der Waals surface area contributed by atoms with E-state index >= 15 is 0 Å². The van der Waals surface area contributed by atoms with Crippen molar-refractivity contribution in [2.45, 2.75) is 38.8 Å². The molecule has 1 atom stereocenters. The molecule has 0 radical (unpaired) electrons. The summed E-state index contributed by atoms with van der Waals surface area (Å²) >= 11 is 0. The van der Waals surface area contributed by atoms with Crippen LogP contribution >= 0.6 is 0 Å². The summed E-state index contributed by atoms with van der Waals surface area (Å²) in [6.45, 7) is 4.13. The minimum atomic E-state index is -4.75. The second kappa shape index (κ2) is 14.2. The molecule has 0 aromatic heterocycles. The molecular formula is C35H28F9NO4. The maximum Gasteiger partial charge on any atom is 0.416 e. The van der Waals surface area contributed by atoms with Crippen LogP contribution in [0, 0.1) is 12.8 Å². The summed E-state index contributed by atoms with van der Waals surface area (Å²) < 4.78 is 118. The quantitative estimate of drug-likeness (QED) is 0.204. The van der Waals surface area contributed by atoms with E-state index in [2.05, 4.69) is 5.16 Å². The van der Waals surface area contributed by atoms with Crippen molar-refractivity contribution < 1.29 is 59.0 Å². The highest BCUT2D eigenvalue weighted by Crippen LogP contribution is 2.40. The van der Waals surface area contributed by atoms with Gasteiger partial charge in [-0.2, -0.15) is 39.5 Å². The van der Waals surface area contributed by atoms with Gasteiger partial charge in [0.25, 0.3) is 0 Å². The second-order valence-corrected chi connectivity index (χ2v) is 11.2. The first-order valence-electron chi connectivity index (χ1n) is 14.5. The van der Waals surface area contributed by atoms with Gasteiger partial charge in [0.05, 0.1) is 35.1 Å². The summed E-state index contributed by atoms with van der Waals surface area (Å²) in [4.78, 5) is 16.5. The van der Waals surface area contributed by atoms with Crippen LogP contribution < -0.4 is 4.74 Å². The number of aryl methyl sites for hydroxylation is 1. The highest BCUT2D eigenvalue weighted by atomic mass is 19.4. The van der Waals surface area contributed by atoms with E-state index in [0.29, 0.717) is 46.9 Å². The van der Waals surface area contributed by atoms with Crippen molar-refractivity contribution in [3.63, 3.8) is 0 Å². The lowest BCUT2D eigenvalue weighted by Gasteiger charge is -2.18. The van der Waals surface area contributed by atoms with Gasteiger partial charge in [0.1, 0.15) is 12.4 Å². The van der Waals surface area contributed by atoms with Crippen molar-refractivity contribution in [3.8, 4) is 28.0 Å². The zero-order valence-corrected chi connectivity index (χ0v) is 26.0. The number of oxime groups is 1. The minimum Gasteiger partial charge on any atom is -0.496 e. The van der Waals surface area contributed by atoms with Crippen LogP contribution in [0.3, 0.4) is 0 Å². The molecule has 1 heterocycles. The van der Waals surface area contributed by atoms with E-state index in [1.54, 1.807) is 18.2 Å². The molecule has 14 heteroatoms. The first-order valence-corrected chi connectivity index (χ1v) is 14.5. The Morgan fingerprint density at radius 3 is 1.90 bits per heavy atom. The highest BCUT2D eigenvalue weighted by molar-refractivity contribution is 5.92. The number of hydrogen-bond donors (Lipinski definition) is 1. The van der Waals surface area contributed by atoms with Gasteiger partial charge in [-0.3, -0.25) is 0 Å². The molecule has 5 nitrogen and oxygen atoms in total. The Morgan fingerprint density at radius 2 is 1.39 bits per heavy atom. The van der Waals surface area contributed by atoms with Gasteiger partial charge in [-0.25, -0.2) is 4.79 Å². The second-order valence-electron chi connectivity index (χ2n) is 11.2. The Hall–Kier alpha value is -5.01. The topological polar surface area (TPSA) is 68.1 Å². The number of carbonyl (C=O) groups is 1. The lowest BCUT2D eigenvalue weighted by molar-refractivity contribution is -0.143. The van der Waals surface area contributed by atoms with Crippen LogP contribution in [0.25, 0.3) is 22.3 Å². The Labute approximate surface area is 274 Å². The zero-order valence-electron chi connectivity index (χ0n) is 26.0. The molecule has 4 aromatic rings. The normalized spacial score (nSPS) is 14.8. The molecule has 260 valence electrons. The number of ether oxygens (including phenoxy) is 1. The van der Waals surface area contributed by atoms with Crippen LogP contribution in [0.5, 0.6) is 5.75 Å². The smallest absolute Gasteiger partial charge is 0.416 e. The number of nitrogens with zero attached hydrogens (tertiary/aromatic N) is 1. The van der Waals surface area contributed by atoms with E-state index in [9.17, 15) is 49.4 Å². The first kappa shape index (κ1) is 36.8. The molecule has 0 unspecified atom stereocenters. The molecule has 0 aliphatic carbocycles. The van der Waals surface area contributed by atoms with Crippen LogP contribution in [0.2, 0.25) is 0 Å². The molecule has 0 saturated carbocycles. The molecule has 0 fully saturated rings. The number of benzene rings is 4. The van der Waals surface area contributed by atoms with Crippen LogP contribution in [-0.2, 0) is 29.8 Å². The average molecular weight is 698 g/mol. The van der Waals surface area contributed by atoms with Gasteiger partial charge in [0.15, 0.2) is 0 Å². The predicted octanol–water partition coefficient (Wildman–Crippen LogP) is 10.3. The first-order chi connectivity index (χ1) is 22.8. The van der Waals surface area contributed by atoms with Gasteiger partial charge in [-0.15, -0.1) is 0 Å². The number of alkyl halides is 9.